The van der Waals surface area contributed by atoms with Gasteiger partial charge in [0.2, 0.25) is 5.91 Å². The Morgan fingerprint density at radius 1 is 1.36 bits per heavy atom. The van der Waals surface area contributed by atoms with Crippen molar-refractivity contribution in [1.82, 2.24) is 5.32 Å². The monoisotopic (exact) mass is 305 g/mol. The zero-order chi connectivity index (χ0) is 16.3. The number of urea groups is 1. The molecular weight excluding hydrogens is 286 g/mol. The van der Waals surface area contributed by atoms with E-state index in [-0.39, 0.29) is 24.8 Å². The van der Waals surface area contributed by atoms with E-state index in [2.05, 4.69) is 10.6 Å². The normalized spacial score (nSPS) is 17.0. The van der Waals surface area contributed by atoms with E-state index in [0.29, 0.717) is 11.4 Å². The molecule has 0 spiro atoms. The lowest BCUT2D eigenvalue weighted by Gasteiger charge is -2.38. The highest BCUT2D eigenvalue weighted by atomic mass is 16.4. The van der Waals surface area contributed by atoms with Crippen LogP contribution in [0.1, 0.15) is 20.3 Å². The highest BCUT2D eigenvalue weighted by Crippen LogP contribution is 2.33. The minimum Gasteiger partial charge on any atom is -0.481 e. The molecule has 0 aliphatic carbocycles. The van der Waals surface area contributed by atoms with Crippen LogP contribution in [0, 0.1) is 5.92 Å². The summed E-state index contributed by atoms with van der Waals surface area (Å²) in [5.41, 5.74) is 1.17. The van der Waals surface area contributed by atoms with Crippen molar-refractivity contribution in [2.24, 2.45) is 5.92 Å². The molecule has 1 heterocycles. The van der Waals surface area contributed by atoms with Gasteiger partial charge in [0, 0.05) is 6.54 Å². The Morgan fingerprint density at radius 2 is 2.05 bits per heavy atom. The largest absolute Gasteiger partial charge is 0.481 e. The summed E-state index contributed by atoms with van der Waals surface area (Å²) in [6.45, 7) is 3.73. The Bertz CT molecular complexity index is 600. The number of nitrogens with zero attached hydrogens (tertiary/aromatic N) is 1. The molecule has 3 N–H and O–H groups in total. The predicted octanol–water partition coefficient (Wildman–Crippen LogP) is 1.65. The van der Waals surface area contributed by atoms with Gasteiger partial charge in [-0.15, -0.1) is 0 Å². The molecule has 1 aliphatic rings. The fourth-order valence-electron chi connectivity index (χ4n) is 2.46. The molecule has 0 saturated carbocycles. The summed E-state index contributed by atoms with van der Waals surface area (Å²) in [6.07, 6.45) is -0.167. The molecular formula is C15H19N3O4. The molecule has 1 aromatic rings. The Hall–Kier alpha value is -2.57. The van der Waals surface area contributed by atoms with Crippen LogP contribution in [0.3, 0.4) is 0 Å². The third kappa shape index (κ3) is 3.19. The van der Waals surface area contributed by atoms with Gasteiger partial charge in [0.05, 0.1) is 17.8 Å². The lowest BCUT2D eigenvalue weighted by molar-refractivity contribution is -0.136. The van der Waals surface area contributed by atoms with Crippen LogP contribution >= 0.6 is 0 Å². The van der Waals surface area contributed by atoms with Gasteiger partial charge in [-0.1, -0.05) is 26.0 Å². The number of nitrogens with one attached hydrogen (secondary N) is 2. The van der Waals surface area contributed by atoms with E-state index < -0.39 is 18.0 Å². The molecule has 2 rings (SSSR count). The number of anilines is 2. The van der Waals surface area contributed by atoms with E-state index in [0.717, 1.165) is 0 Å². The molecule has 1 atom stereocenters. The topological polar surface area (TPSA) is 98.7 Å². The Kier molecular flexibility index (Phi) is 4.65. The molecule has 1 aromatic carbocycles. The number of aliphatic carboxylic acids is 1. The fourth-order valence-corrected chi connectivity index (χ4v) is 2.46. The third-order valence-corrected chi connectivity index (χ3v) is 3.43. The number of carboxylic acid groups (broad SMARTS) is 1. The zero-order valence-electron chi connectivity index (χ0n) is 12.5. The van der Waals surface area contributed by atoms with E-state index >= 15 is 0 Å². The number of rotatable bonds is 4. The number of para-hydroxylation sites is 2. The first-order valence-corrected chi connectivity index (χ1v) is 7.10. The molecule has 7 nitrogen and oxygen atoms in total. The molecule has 22 heavy (non-hydrogen) atoms. The average molecular weight is 305 g/mol. The van der Waals surface area contributed by atoms with Gasteiger partial charge in [0.1, 0.15) is 6.04 Å². The Morgan fingerprint density at radius 3 is 2.68 bits per heavy atom. The minimum absolute atomic E-state index is 0.0132. The van der Waals surface area contributed by atoms with Gasteiger partial charge in [-0.2, -0.15) is 0 Å². The number of benzene rings is 1. The van der Waals surface area contributed by atoms with Gasteiger partial charge < -0.3 is 15.7 Å². The number of carbonyl (C=O) groups excluding carboxylic acids is 2. The molecule has 0 fully saturated rings. The van der Waals surface area contributed by atoms with Crippen molar-refractivity contribution in [3.05, 3.63) is 24.3 Å². The minimum atomic E-state index is -0.988. The molecule has 118 valence electrons. The first kappa shape index (κ1) is 15.8. The number of hydrogen-bond acceptors (Lipinski definition) is 3. The lowest BCUT2D eigenvalue weighted by atomic mass is 9.98. The standard InChI is InChI=1S/C15H19N3O4/c1-9(2)13-14(21)17-10-5-3-4-6-11(10)18(13)15(22)16-8-7-12(19)20/h3-6,9,13H,7-8H2,1-2H3,(H,16,22)(H,17,21)(H,19,20)/t13-/m1/s1. The maximum Gasteiger partial charge on any atom is 0.322 e. The summed E-state index contributed by atoms with van der Waals surface area (Å²) in [4.78, 5) is 36.7. The van der Waals surface area contributed by atoms with E-state index in [1.165, 1.54) is 4.90 Å². The van der Waals surface area contributed by atoms with Crippen LogP contribution in [-0.4, -0.2) is 35.6 Å². The van der Waals surface area contributed by atoms with Gasteiger partial charge in [-0.25, -0.2) is 4.79 Å². The van der Waals surface area contributed by atoms with Crippen LogP contribution in [-0.2, 0) is 9.59 Å². The first-order valence-electron chi connectivity index (χ1n) is 7.10. The SMILES string of the molecule is CC(C)[C@@H]1C(=O)Nc2ccccc2N1C(=O)NCCC(=O)O. The summed E-state index contributed by atoms with van der Waals surface area (Å²) in [5.74, 6) is -1.32. The van der Waals surface area contributed by atoms with Crippen molar-refractivity contribution < 1.29 is 19.5 Å². The van der Waals surface area contributed by atoms with Crippen LogP contribution in [0.15, 0.2) is 24.3 Å². The van der Waals surface area contributed by atoms with Crippen molar-refractivity contribution in [2.75, 3.05) is 16.8 Å². The maximum absolute atomic E-state index is 12.4. The van der Waals surface area contributed by atoms with Crippen LogP contribution < -0.4 is 15.5 Å². The summed E-state index contributed by atoms with van der Waals surface area (Å²) in [5, 5.41) is 14.0. The van der Waals surface area contributed by atoms with E-state index in [9.17, 15) is 14.4 Å². The van der Waals surface area contributed by atoms with Crippen molar-refractivity contribution in [2.45, 2.75) is 26.3 Å². The van der Waals surface area contributed by atoms with Gasteiger partial charge in [-0.05, 0) is 18.1 Å². The van der Waals surface area contributed by atoms with Crippen LogP contribution in [0.5, 0.6) is 0 Å². The number of fused-ring (bicyclic) bond motifs is 1. The second kappa shape index (κ2) is 6.46. The van der Waals surface area contributed by atoms with Crippen molar-refractivity contribution in [3.63, 3.8) is 0 Å². The van der Waals surface area contributed by atoms with Gasteiger partial charge in [0.15, 0.2) is 0 Å². The molecule has 0 saturated heterocycles. The maximum atomic E-state index is 12.4. The van der Waals surface area contributed by atoms with E-state index in [1.807, 2.05) is 13.8 Å². The van der Waals surface area contributed by atoms with Gasteiger partial charge in [-0.3, -0.25) is 14.5 Å². The van der Waals surface area contributed by atoms with Gasteiger partial charge in [0.25, 0.3) is 0 Å². The number of amides is 3. The lowest BCUT2D eigenvalue weighted by Crippen LogP contribution is -2.56. The van der Waals surface area contributed by atoms with E-state index in [1.54, 1.807) is 24.3 Å². The number of hydrogen-bond donors (Lipinski definition) is 3. The molecule has 3 amide bonds. The quantitative estimate of drug-likeness (QED) is 0.787. The highest BCUT2D eigenvalue weighted by molar-refractivity contribution is 6.11. The summed E-state index contributed by atoms with van der Waals surface area (Å²) in [7, 11) is 0. The first-order chi connectivity index (χ1) is 10.4. The summed E-state index contributed by atoms with van der Waals surface area (Å²) >= 11 is 0. The Labute approximate surface area is 128 Å². The molecule has 1 aliphatic heterocycles. The molecule has 7 heteroatoms. The van der Waals surface area contributed by atoms with Crippen molar-refractivity contribution >= 4 is 29.3 Å². The summed E-state index contributed by atoms with van der Waals surface area (Å²) < 4.78 is 0. The van der Waals surface area contributed by atoms with E-state index in [4.69, 9.17) is 5.11 Å². The second-order valence-corrected chi connectivity index (χ2v) is 5.44. The highest BCUT2D eigenvalue weighted by Gasteiger charge is 2.38. The Balaban J connectivity index is 2.28. The average Bonchev–Trinajstić information content (AvgIpc) is 2.44. The summed E-state index contributed by atoms with van der Waals surface area (Å²) in [6, 6.07) is 5.92. The predicted molar refractivity (Wildman–Crippen MR) is 81.8 cm³/mol. The van der Waals surface area contributed by atoms with Gasteiger partial charge >= 0.3 is 12.0 Å². The molecule has 0 unspecified atom stereocenters. The fraction of sp³-hybridized carbons (Fsp3) is 0.400. The number of carboxylic acids is 1. The van der Waals surface area contributed by atoms with Crippen LogP contribution in [0.2, 0.25) is 0 Å². The number of carbonyl (C=O) groups is 3. The van der Waals surface area contributed by atoms with Crippen LogP contribution in [0.4, 0.5) is 16.2 Å². The van der Waals surface area contributed by atoms with Crippen molar-refractivity contribution in [1.29, 1.82) is 0 Å². The van der Waals surface area contributed by atoms with Crippen molar-refractivity contribution in [3.8, 4) is 0 Å². The second-order valence-electron chi connectivity index (χ2n) is 5.44. The zero-order valence-corrected chi connectivity index (χ0v) is 12.5. The molecule has 0 radical (unpaired) electrons. The third-order valence-electron chi connectivity index (χ3n) is 3.43. The van der Waals surface area contributed by atoms with Crippen LogP contribution in [0.25, 0.3) is 0 Å². The molecule has 0 aromatic heterocycles. The molecule has 0 bridgehead atoms. The smallest absolute Gasteiger partial charge is 0.322 e.